The van der Waals surface area contributed by atoms with Crippen LogP contribution in [0.4, 0.5) is 0 Å². The van der Waals surface area contributed by atoms with Crippen LogP contribution in [0.2, 0.25) is 0 Å². The molecule has 8 nitrogen and oxygen atoms in total. The summed E-state index contributed by atoms with van der Waals surface area (Å²) in [5.41, 5.74) is 0.269. The summed E-state index contributed by atoms with van der Waals surface area (Å²) in [6.07, 6.45) is 1.03. The molecule has 1 aromatic carbocycles. The fraction of sp³-hybridized carbons (Fsp3) is 0.571. The minimum atomic E-state index is -0.767. The number of rotatable bonds is 4. The number of carbonyl (C=O) groups excluding carboxylic acids is 3. The lowest BCUT2D eigenvalue weighted by Crippen LogP contribution is -2.59. The van der Waals surface area contributed by atoms with Gasteiger partial charge < -0.3 is 14.4 Å². The maximum absolute atomic E-state index is 13.0. The number of hydrogen-bond acceptors (Lipinski definition) is 6. The molecule has 0 radical (unpaired) electrons. The molecule has 2 amide bonds. The molecule has 2 saturated heterocycles. The molecule has 156 valence electrons. The van der Waals surface area contributed by atoms with E-state index in [1.165, 1.54) is 12.2 Å². The van der Waals surface area contributed by atoms with Gasteiger partial charge in [-0.25, -0.2) is 5.06 Å². The fourth-order valence-electron chi connectivity index (χ4n) is 4.80. The summed E-state index contributed by atoms with van der Waals surface area (Å²) in [7, 11) is 1.33. The van der Waals surface area contributed by atoms with Gasteiger partial charge in [0.25, 0.3) is 5.91 Å². The first kappa shape index (κ1) is 19.7. The number of benzene rings is 1. The Hall–Kier alpha value is -2.61. The van der Waals surface area contributed by atoms with Crippen LogP contribution in [-0.2, 0) is 30.4 Å². The van der Waals surface area contributed by atoms with E-state index in [9.17, 15) is 14.4 Å². The van der Waals surface area contributed by atoms with Gasteiger partial charge in [-0.2, -0.15) is 0 Å². The zero-order valence-corrected chi connectivity index (χ0v) is 16.8. The highest BCUT2D eigenvalue weighted by Crippen LogP contribution is 2.44. The van der Waals surface area contributed by atoms with Crippen LogP contribution in [0.15, 0.2) is 24.3 Å². The summed E-state index contributed by atoms with van der Waals surface area (Å²) in [4.78, 5) is 45.3. The molecule has 1 aromatic rings. The molecule has 2 atom stereocenters. The monoisotopic (exact) mass is 402 g/mol. The lowest BCUT2D eigenvalue weighted by atomic mass is 9.77. The van der Waals surface area contributed by atoms with E-state index in [1.807, 2.05) is 24.3 Å². The van der Waals surface area contributed by atoms with Crippen LogP contribution in [0.25, 0.3) is 0 Å². The van der Waals surface area contributed by atoms with Crippen molar-refractivity contribution >= 4 is 17.8 Å². The van der Waals surface area contributed by atoms with E-state index in [0.29, 0.717) is 39.0 Å². The number of ether oxygens (including phenoxy) is 2. The minimum absolute atomic E-state index is 0.0575. The van der Waals surface area contributed by atoms with Gasteiger partial charge >= 0.3 is 5.97 Å². The first-order chi connectivity index (χ1) is 14.0. The second-order valence-corrected chi connectivity index (χ2v) is 7.73. The number of carbonyl (C=O) groups is 3. The molecule has 8 heteroatoms. The van der Waals surface area contributed by atoms with E-state index in [1.54, 1.807) is 11.8 Å². The minimum Gasteiger partial charge on any atom is -0.480 e. The molecule has 2 fully saturated rings. The number of hydroxylamine groups is 2. The summed E-state index contributed by atoms with van der Waals surface area (Å²) in [6, 6.07) is 7.67. The number of esters is 1. The van der Waals surface area contributed by atoms with E-state index in [2.05, 4.69) is 0 Å². The Balaban J connectivity index is 1.47. The third kappa shape index (κ3) is 3.25. The molecule has 0 unspecified atom stereocenters. The van der Waals surface area contributed by atoms with Crippen LogP contribution >= 0.6 is 0 Å². The Kier molecular flexibility index (Phi) is 5.21. The SMILES string of the molecule is CCON1C(=O)C[C@H](C(=O)OC)C12CCN(C(=O)[C@@H]1Cc3ccccc3O1)CC2. The zero-order valence-electron chi connectivity index (χ0n) is 16.8. The summed E-state index contributed by atoms with van der Waals surface area (Å²) in [5, 5.41) is 1.37. The van der Waals surface area contributed by atoms with Gasteiger partial charge in [-0.3, -0.25) is 19.2 Å². The lowest BCUT2D eigenvalue weighted by Gasteiger charge is -2.45. The molecule has 4 rings (SSSR count). The number of fused-ring (bicyclic) bond motifs is 1. The summed E-state index contributed by atoms with van der Waals surface area (Å²) < 4.78 is 10.8. The Labute approximate surface area is 169 Å². The van der Waals surface area contributed by atoms with Gasteiger partial charge in [-0.05, 0) is 31.4 Å². The van der Waals surface area contributed by atoms with Crippen molar-refractivity contribution in [3.8, 4) is 5.75 Å². The number of methoxy groups -OCH3 is 1. The van der Waals surface area contributed by atoms with Crippen molar-refractivity contribution in [2.24, 2.45) is 5.92 Å². The molecule has 1 spiro atoms. The second kappa shape index (κ2) is 7.67. The predicted molar refractivity (Wildman–Crippen MR) is 102 cm³/mol. The highest BCUT2D eigenvalue weighted by molar-refractivity contribution is 5.88. The third-order valence-corrected chi connectivity index (χ3v) is 6.27. The Morgan fingerprint density at radius 3 is 2.59 bits per heavy atom. The summed E-state index contributed by atoms with van der Waals surface area (Å²) in [5.74, 6) is -0.505. The first-order valence-electron chi connectivity index (χ1n) is 10.1. The number of para-hydroxylation sites is 1. The van der Waals surface area contributed by atoms with E-state index in [-0.39, 0.29) is 18.2 Å². The van der Waals surface area contributed by atoms with Crippen LogP contribution < -0.4 is 4.74 Å². The standard InChI is InChI=1S/C21H26N2O6/c1-3-28-23-18(24)13-15(20(26)27-2)21(23)8-10-22(11-9-21)19(25)17-12-14-6-4-5-7-16(14)29-17/h4-7,15,17H,3,8-13H2,1-2H3/t15-,17+/m1/s1. The normalized spacial score (nSPS) is 25.1. The smallest absolute Gasteiger partial charge is 0.311 e. The highest BCUT2D eigenvalue weighted by Gasteiger charge is 2.58. The molecular formula is C21H26N2O6. The zero-order chi connectivity index (χ0) is 20.6. The maximum atomic E-state index is 13.0. The lowest BCUT2D eigenvalue weighted by molar-refractivity contribution is -0.221. The van der Waals surface area contributed by atoms with Crippen molar-refractivity contribution in [3.05, 3.63) is 29.8 Å². The molecule has 0 N–H and O–H groups in total. The molecule has 3 heterocycles. The maximum Gasteiger partial charge on any atom is 0.311 e. The Morgan fingerprint density at radius 1 is 1.21 bits per heavy atom. The van der Waals surface area contributed by atoms with Crippen molar-refractivity contribution in [1.29, 1.82) is 0 Å². The van der Waals surface area contributed by atoms with E-state index in [0.717, 1.165) is 11.3 Å². The van der Waals surface area contributed by atoms with Crippen molar-refractivity contribution < 1.29 is 28.7 Å². The number of nitrogens with zero attached hydrogens (tertiary/aromatic N) is 2. The van der Waals surface area contributed by atoms with Gasteiger partial charge in [0, 0.05) is 25.9 Å². The van der Waals surface area contributed by atoms with Crippen LogP contribution in [0.5, 0.6) is 5.75 Å². The van der Waals surface area contributed by atoms with Gasteiger partial charge in [0.1, 0.15) is 5.75 Å². The van der Waals surface area contributed by atoms with Crippen LogP contribution in [-0.4, -0.2) is 66.2 Å². The molecule has 0 aromatic heterocycles. The van der Waals surface area contributed by atoms with Crippen molar-refractivity contribution in [2.45, 2.75) is 44.2 Å². The quantitative estimate of drug-likeness (QED) is 0.707. The third-order valence-electron chi connectivity index (χ3n) is 6.27. The molecular weight excluding hydrogens is 376 g/mol. The Bertz CT molecular complexity index is 792. The molecule has 29 heavy (non-hydrogen) atoms. The van der Waals surface area contributed by atoms with Gasteiger partial charge in [-0.1, -0.05) is 18.2 Å². The average Bonchev–Trinajstić information content (AvgIpc) is 3.29. The van der Waals surface area contributed by atoms with Gasteiger partial charge in [0.05, 0.1) is 25.2 Å². The van der Waals surface area contributed by atoms with Crippen molar-refractivity contribution in [3.63, 3.8) is 0 Å². The fourth-order valence-corrected chi connectivity index (χ4v) is 4.80. The number of likely N-dealkylation sites (tertiary alicyclic amines) is 1. The molecule has 0 aliphatic carbocycles. The van der Waals surface area contributed by atoms with Gasteiger partial charge in [0.2, 0.25) is 5.91 Å². The molecule has 3 aliphatic heterocycles. The van der Waals surface area contributed by atoms with Crippen LogP contribution in [0, 0.1) is 5.92 Å². The molecule has 0 saturated carbocycles. The highest BCUT2D eigenvalue weighted by atomic mass is 16.7. The van der Waals surface area contributed by atoms with Crippen LogP contribution in [0.1, 0.15) is 31.7 Å². The first-order valence-corrected chi connectivity index (χ1v) is 10.1. The van der Waals surface area contributed by atoms with Gasteiger partial charge in [0.15, 0.2) is 6.10 Å². The number of piperidine rings is 1. The number of hydrogen-bond donors (Lipinski definition) is 0. The van der Waals surface area contributed by atoms with E-state index in [4.69, 9.17) is 14.3 Å². The summed E-state index contributed by atoms with van der Waals surface area (Å²) >= 11 is 0. The number of amides is 2. The Morgan fingerprint density at radius 2 is 1.93 bits per heavy atom. The topological polar surface area (TPSA) is 85.4 Å². The molecule has 3 aliphatic rings. The van der Waals surface area contributed by atoms with E-state index >= 15 is 0 Å². The van der Waals surface area contributed by atoms with Crippen molar-refractivity contribution in [2.75, 3.05) is 26.8 Å². The average molecular weight is 402 g/mol. The van der Waals surface area contributed by atoms with Crippen molar-refractivity contribution in [1.82, 2.24) is 9.96 Å². The second-order valence-electron chi connectivity index (χ2n) is 7.73. The van der Waals surface area contributed by atoms with E-state index < -0.39 is 23.5 Å². The van der Waals surface area contributed by atoms with Crippen LogP contribution in [0.3, 0.4) is 0 Å². The summed E-state index contributed by atoms with van der Waals surface area (Å²) in [6.45, 7) is 3.00. The largest absolute Gasteiger partial charge is 0.480 e. The molecule has 0 bridgehead atoms. The predicted octanol–water partition coefficient (Wildman–Crippen LogP) is 1.32. The van der Waals surface area contributed by atoms with Gasteiger partial charge in [-0.15, -0.1) is 0 Å².